The summed E-state index contributed by atoms with van der Waals surface area (Å²) in [5.41, 5.74) is 5.86. The van der Waals surface area contributed by atoms with Crippen molar-refractivity contribution in [2.24, 2.45) is 5.92 Å². The van der Waals surface area contributed by atoms with Gasteiger partial charge in [-0.3, -0.25) is 0 Å². The predicted octanol–water partition coefficient (Wildman–Crippen LogP) is 3.83. The summed E-state index contributed by atoms with van der Waals surface area (Å²) < 4.78 is 0. The summed E-state index contributed by atoms with van der Waals surface area (Å²) in [5, 5.41) is 4.75. The summed E-state index contributed by atoms with van der Waals surface area (Å²) in [4.78, 5) is 11.1. The molecule has 0 bridgehead atoms. The van der Waals surface area contributed by atoms with Crippen molar-refractivity contribution in [3.05, 3.63) is 10.9 Å². The van der Waals surface area contributed by atoms with E-state index in [1.165, 1.54) is 30.6 Å². The number of nitrogens with two attached hydrogens (primary N) is 1. The Kier molecular flexibility index (Phi) is 3.78. The summed E-state index contributed by atoms with van der Waals surface area (Å²) in [6.45, 7) is 4.49. The number of thiophene rings is 1. The van der Waals surface area contributed by atoms with Gasteiger partial charge in [-0.15, -0.1) is 11.3 Å². The molecule has 1 aliphatic rings. The number of hydrogen-bond acceptors (Lipinski definition) is 5. The van der Waals surface area contributed by atoms with Crippen molar-refractivity contribution in [1.82, 2.24) is 9.97 Å². The first-order valence-electron chi connectivity index (χ1n) is 7.50. The van der Waals surface area contributed by atoms with Crippen LogP contribution in [-0.2, 0) is 6.42 Å². The van der Waals surface area contributed by atoms with Crippen LogP contribution in [0.5, 0.6) is 0 Å². The second kappa shape index (κ2) is 5.56. The molecule has 5 heteroatoms. The first-order chi connectivity index (χ1) is 9.67. The lowest BCUT2D eigenvalue weighted by molar-refractivity contribution is 0.349. The summed E-state index contributed by atoms with van der Waals surface area (Å²) >= 11 is 1.72. The Morgan fingerprint density at radius 1 is 1.35 bits per heavy atom. The topological polar surface area (TPSA) is 63.8 Å². The molecule has 2 aromatic rings. The van der Waals surface area contributed by atoms with E-state index >= 15 is 0 Å². The van der Waals surface area contributed by atoms with Gasteiger partial charge in [0.25, 0.3) is 0 Å². The molecule has 1 saturated carbocycles. The zero-order chi connectivity index (χ0) is 14.1. The minimum atomic E-state index is 0.368. The van der Waals surface area contributed by atoms with Gasteiger partial charge in [0.1, 0.15) is 10.6 Å². The predicted molar refractivity (Wildman–Crippen MR) is 86.2 cm³/mol. The summed E-state index contributed by atoms with van der Waals surface area (Å²) in [7, 11) is 0. The van der Waals surface area contributed by atoms with E-state index in [0.29, 0.717) is 17.9 Å². The zero-order valence-electron chi connectivity index (χ0n) is 12.1. The van der Waals surface area contributed by atoms with Gasteiger partial charge < -0.3 is 11.1 Å². The maximum absolute atomic E-state index is 5.86. The first kappa shape index (κ1) is 13.6. The summed E-state index contributed by atoms with van der Waals surface area (Å²) in [6.07, 6.45) is 6.19. The highest BCUT2D eigenvalue weighted by atomic mass is 32.1. The maximum atomic E-state index is 5.86. The molecule has 2 heterocycles. The van der Waals surface area contributed by atoms with Crippen LogP contribution in [0, 0.1) is 5.92 Å². The number of nitrogen functional groups attached to an aromatic ring is 1. The van der Waals surface area contributed by atoms with Gasteiger partial charge in [-0.25, -0.2) is 4.98 Å². The molecule has 0 aromatic carbocycles. The molecule has 1 aliphatic carbocycles. The number of nitrogens with zero attached hydrogens (tertiary/aromatic N) is 2. The van der Waals surface area contributed by atoms with E-state index in [-0.39, 0.29) is 0 Å². The second-order valence-corrected chi connectivity index (χ2v) is 6.84. The Morgan fingerprint density at radius 2 is 2.15 bits per heavy atom. The molecular weight excluding hydrogens is 268 g/mol. The Balaban J connectivity index is 1.95. The zero-order valence-corrected chi connectivity index (χ0v) is 13.0. The number of fused-ring (bicyclic) bond motifs is 1. The quantitative estimate of drug-likeness (QED) is 0.902. The highest BCUT2D eigenvalue weighted by molar-refractivity contribution is 7.18. The maximum Gasteiger partial charge on any atom is 0.223 e. The highest BCUT2D eigenvalue weighted by Gasteiger charge is 2.22. The lowest BCUT2D eigenvalue weighted by Crippen LogP contribution is -2.30. The van der Waals surface area contributed by atoms with Crippen molar-refractivity contribution < 1.29 is 0 Å². The lowest BCUT2D eigenvalue weighted by Gasteiger charge is -2.30. The van der Waals surface area contributed by atoms with Crippen molar-refractivity contribution >= 4 is 33.3 Å². The minimum Gasteiger partial charge on any atom is -0.368 e. The number of nitrogens with one attached hydrogen (secondary N) is 1. The molecule has 2 unspecified atom stereocenters. The van der Waals surface area contributed by atoms with Crippen LogP contribution in [0.3, 0.4) is 0 Å². The number of anilines is 2. The van der Waals surface area contributed by atoms with E-state index in [4.69, 9.17) is 5.73 Å². The second-order valence-electron chi connectivity index (χ2n) is 5.73. The van der Waals surface area contributed by atoms with Crippen molar-refractivity contribution in [1.29, 1.82) is 0 Å². The molecule has 0 spiro atoms. The average Bonchev–Trinajstić information content (AvgIpc) is 2.84. The Bertz CT molecular complexity index is 607. The monoisotopic (exact) mass is 290 g/mol. The van der Waals surface area contributed by atoms with Gasteiger partial charge in [-0.1, -0.05) is 26.7 Å². The minimum absolute atomic E-state index is 0.368. The van der Waals surface area contributed by atoms with Crippen LogP contribution in [0.1, 0.15) is 44.4 Å². The van der Waals surface area contributed by atoms with Crippen LogP contribution in [0.4, 0.5) is 11.8 Å². The third kappa shape index (κ3) is 2.59. The molecule has 0 amide bonds. The van der Waals surface area contributed by atoms with Crippen molar-refractivity contribution in [2.75, 3.05) is 11.1 Å². The Morgan fingerprint density at radius 3 is 2.90 bits per heavy atom. The van der Waals surface area contributed by atoms with Gasteiger partial charge in [0.2, 0.25) is 5.95 Å². The molecule has 2 atom stereocenters. The first-order valence-corrected chi connectivity index (χ1v) is 8.31. The molecule has 2 aromatic heterocycles. The third-order valence-electron chi connectivity index (χ3n) is 4.24. The molecule has 108 valence electrons. The van der Waals surface area contributed by atoms with Gasteiger partial charge in [-0.2, -0.15) is 4.98 Å². The number of aryl methyl sites for hydroxylation is 1. The summed E-state index contributed by atoms with van der Waals surface area (Å²) in [6, 6.07) is 2.71. The molecule has 1 fully saturated rings. The fourth-order valence-corrected chi connectivity index (χ4v) is 3.95. The van der Waals surface area contributed by atoms with E-state index in [1.54, 1.807) is 11.3 Å². The van der Waals surface area contributed by atoms with E-state index < -0.39 is 0 Å². The van der Waals surface area contributed by atoms with Crippen molar-refractivity contribution in [3.63, 3.8) is 0 Å². The van der Waals surface area contributed by atoms with Gasteiger partial charge in [-0.05, 0) is 31.2 Å². The number of rotatable bonds is 3. The van der Waals surface area contributed by atoms with Gasteiger partial charge in [0.15, 0.2) is 0 Å². The Labute approximate surface area is 123 Å². The van der Waals surface area contributed by atoms with Crippen LogP contribution in [-0.4, -0.2) is 16.0 Å². The van der Waals surface area contributed by atoms with E-state index in [2.05, 4.69) is 35.2 Å². The molecule has 20 heavy (non-hydrogen) atoms. The van der Waals surface area contributed by atoms with E-state index in [1.807, 2.05) is 0 Å². The molecule has 0 aliphatic heterocycles. The van der Waals surface area contributed by atoms with Crippen molar-refractivity contribution in [3.8, 4) is 0 Å². The molecule has 4 nitrogen and oxygen atoms in total. The van der Waals surface area contributed by atoms with Gasteiger partial charge >= 0.3 is 0 Å². The molecule has 0 saturated heterocycles. The van der Waals surface area contributed by atoms with Gasteiger partial charge in [0.05, 0.1) is 5.39 Å². The fourth-order valence-electron chi connectivity index (χ4n) is 2.98. The van der Waals surface area contributed by atoms with Crippen LogP contribution in [0.2, 0.25) is 0 Å². The normalized spacial score (nSPS) is 23.1. The smallest absolute Gasteiger partial charge is 0.223 e. The van der Waals surface area contributed by atoms with E-state index in [0.717, 1.165) is 22.5 Å². The number of aromatic nitrogens is 2. The van der Waals surface area contributed by atoms with E-state index in [9.17, 15) is 0 Å². The van der Waals surface area contributed by atoms with Gasteiger partial charge in [0, 0.05) is 10.9 Å². The molecular formula is C15H22N4S. The Hall–Kier alpha value is -1.36. The largest absolute Gasteiger partial charge is 0.368 e. The molecule has 3 N–H and O–H groups in total. The van der Waals surface area contributed by atoms with Crippen molar-refractivity contribution in [2.45, 2.75) is 52.0 Å². The SMILES string of the molecule is CCc1cc2c(NC3CCCCC3C)nc(N)nc2s1. The lowest BCUT2D eigenvalue weighted by atomic mass is 9.86. The van der Waals surface area contributed by atoms with Crippen LogP contribution >= 0.6 is 11.3 Å². The van der Waals surface area contributed by atoms with Crippen LogP contribution < -0.4 is 11.1 Å². The molecule has 0 radical (unpaired) electrons. The molecule has 3 rings (SSSR count). The standard InChI is InChI=1S/C15H22N4S/c1-3-10-8-11-13(18-15(16)19-14(11)20-10)17-12-7-5-4-6-9(12)2/h8-9,12H,3-7H2,1-2H3,(H3,16,17,18,19). The summed E-state index contributed by atoms with van der Waals surface area (Å²) in [5.74, 6) is 1.98. The van der Waals surface area contributed by atoms with Crippen LogP contribution in [0.15, 0.2) is 6.07 Å². The van der Waals surface area contributed by atoms with Crippen LogP contribution in [0.25, 0.3) is 10.2 Å². The number of hydrogen-bond donors (Lipinski definition) is 2. The highest BCUT2D eigenvalue weighted by Crippen LogP contribution is 2.32. The third-order valence-corrected chi connectivity index (χ3v) is 5.42. The average molecular weight is 290 g/mol. The fraction of sp³-hybridized carbons (Fsp3) is 0.600.